The normalized spacial score (nSPS) is 13.4. The van der Waals surface area contributed by atoms with Crippen molar-refractivity contribution in [2.45, 2.75) is 19.3 Å². The van der Waals surface area contributed by atoms with E-state index in [1.165, 1.54) is 15.5 Å². The Morgan fingerprint density at radius 2 is 1.15 bits per heavy atom. The molecule has 2 heterocycles. The molecule has 8 heteroatoms. The molecule has 10 aromatic carbocycles. The minimum absolute atomic E-state index is 0.0458. The molecule has 0 atom stereocenters. The van der Waals surface area contributed by atoms with E-state index in [4.69, 9.17) is 9.15 Å². The van der Waals surface area contributed by atoms with Crippen molar-refractivity contribution in [3.8, 4) is 50.9 Å². The van der Waals surface area contributed by atoms with Crippen molar-refractivity contribution >= 4 is 81.3 Å². The molecule has 0 fully saturated rings. The lowest BCUT2D eigenvalue weighted by atomic mass is 9.65. The molecule has 0 saturated carbocycles. The minimum Gasteiger partial charge on any atom is -0.504 e. The van der Waals surface area contributed by atoms with E-state index in [0.717, 1.165) is 59.6 Å². The van der Waals surface area contributed by atoms with Crippen molar-refractivity contribution in [3.05, 3.63) is 240 Å². The lowest BCUT2D eigenvalue weighted by Crippen LogP contribution is -2.30. The van der Waals surface area contributed by atoms with Gasteiger partial charge in [-0.3, -0.25) is 13.7 Å². The summed E-state index contributed by atoms with van der Waals surface area (Å²) in [5.74, 6) is -1.82. The Kier molecular flexibility index (Phi) is 10.2. The molecule has 2 aromatic heterocycles. The lowest BCUT2D eigenvalue weighted by Gasteiger charge is -2.36. The molecule has 0 aliphatic heterocycles. The SMILES string of the molecule is C/C=C\C=C/C1=Cc2c(c(C)c3c(ooc4c(O)c(-c5cc6ccccc6c6ccccc56)c(O)c(O)c4n3-c3ccc(-c4cccc5c4sc4ccccc45)cc3)c2O)C1(c1ccccc1)c1ccccc1. The second-order valence-electron chi connectivity index (χ2n) is 18.5. The highest BCUT2D eigenvalue weighted by atomic mass is 32.1. The number of aromatic nitrogens is 1. The molecule has 0 radical (unpaired) electrons. The van der Waals surface area contributed by atoms with Crippen molar-refractivity contribution in [2.24, 2.45) is 0 Å². The number of aromatic hydroxyl groups is 4. The van der Waals surface area contributed by atoms with E-state index in [-0.39, 0.29) is 28.0 Å². The van der Waals surface area contributed by atoms with Gasteiger partial charge in [-0.1, -0.05) is 182 Å². The Bertz CT molecular complexity index is 4340. The van der Waals surface area contributed by atoms with Crippen molar-refractivity contribution < 1.29 is 29.6 Å². The molecule has 12 aromatic rings. The number of aryl methyl sites for hydroxylation is 1. The summed E-state index contributed by atoms with van der Waals surface area (Å²) in [5.41, 5.74) is 6.71. The number of fused-ring (bicyclic) bond motifs is 9. The van der Waals surface area contributed by atoms with Crippen molar-refractivity contribution in [3.63, 3.8) is 0 Å². The van der Waals surface area contributed by atoms with Gasteiger partial charge in [0.2, 0.25) is 11.2 Å². The molecular weight excluding hydrogens is 923 g/mol. The summed E-state index contributed by atoms with van der Waals surface area (Å²) < 4.78 is 16.7. The maximum absolute atomic E-state index is 13.0. The fourth-order valence-electron chi connectivity index (χ4n) is 11.5. The number of benzene rings is 10. The van der Waals surface area contributed by atoms with Crippen LogP contribution in [0.4, 0.5) is 0 Å². The maximum Gasteiger partial charge on any atom is 0.248 e. The van der Waals surface area contributed by atoms with E-state index in [2.05, 4.69) is 72.8 Å². The Hall–Kier alpha value is -9.24. The van der Waals surface area contributed by atoms with Gasteiger partial charge in [0.25, 0.3) is 0 Å². The highest BCUT2D eigenvalue weighted by Crippen LogP contribution is 2.58. The zero-order chi connectivity index (χ0) is 49.5. The standard InChI is InChI=1S/C65H45NO6S/c1-3-4-7-24-43-37-52-55(65(43,41-20-8-5-9-21-41)42-22-10-6-11-23-42)38(2)56-62(58(52)67)71-72-63-57(61(70)59(68)54(60(63)69)51-36-40-19-12-13-25-45(40)47-26-14-15-27-48(47)51)66(56)44-34-32-39(33-35-44)46-29-18-30-50-49-28-16-17-31-53(49)73-64(46)50/h3-37,67-70H,1-2H3/b4-3-,24-7-. The first-order chi connectivity index (χ1) is 35.8. The molecule has 4 N–H and O–H groups in total. The summed E-state index contributed by atoms with van der Waals surface area (Å²) >= 11 is 1.75. The van der Waals surface area contributed by atoms with Crippen molar-refractivity contribution in [2.75, 3.05) is 0 Å². The number of phenols is 4. The Labute approximate surface area is 423 Å². The van der Waals surface area contributed by atoms with E-state index in [0.29, 0.717) is 27.9 Å². The average molecular weight is 968 g/mol. The van der Waals surface area contributed by atoms with Gasteiger partial charge >= 0.3 is 0 Å². The molecule has 352 valence electrons. The third kappa shape index (κ3) is 6.43. The number of rotatable bonds is 7. The van der Waals surface area contributed by atoms with Crippen LogP contribution in [0.15, 0.2) is 221 Å². The fraction of sp³-hybridized carbons (Fsp3) is 0.0462. The van der Waals surface area contributed by atoms with Gasteiger partial charge in [0, 0.05) is 31.4 Å². The van der Waals surface area contributed by atoms with E-state index in [1.54, 1.807) is 15.9 Å². The highest BCUT2D eigenvalue weighted by Gasteiger charge is 2.47. The van der Waals surface area contributed by atoms with E-state index < -0.39 is 22.7 Å². The second-order valence-corrected chi connectivity index (χ2v) is 19.6. The molecule has 0 unspecified atom stereocenters. The van der Waals surface area contributed by atoms with Gasteiger partial charge in [0.05, 0.1) is 11.0 Å². The summed E-state index contributed by atoms with van der Waals surface area (Å²) in [5, 5.41) is 57.0. The number of hydrogen-bond acceptors (Lipinski definition) is 7. The van der Waals surface area contributed by atoms with Gasteiger partial charge in [0.15, 0.2) is 23.0 Å². The molecule has 0 amide bonds. The van der Waals surface area contributed by atoms with Crippen LogP contribution in [0.1, 0.15) is 34.7 Å². The smallest absolute Gasteiger partial charge is 0.248 e. The molecule has 1 aliphatic rings. The van der Waals surface area contributed by atoms with E-state index in [9.17, 15) is 20.4 Å². The van der Waals surface area contributed by atoms with Crippen LogP contribution in [-0.2, 0) is 5.41 Å². The fourth-order valence-corrected chi connectivity index (χ4v) is 12.8. The first kappa shape index (κ1) is 43.8. The first-order valence-electron chi connectivity index (χ1n) is 24.2. The second kappa shape index (κ2) is 17.0. The van der Waals surface area contributed by atoms with Gasteiger partial charge in [-0.05, 0) is 110 Å². The van der Waals surface area contributed by atoms with Crippen LogP contribution < -0.4 is 0 Å². The van der Waals surface area contributed by atoms with Crippen LogP contribution >= 0.6 is 11.3 Å². The number of hydrogen-bond donors (Lipinski definition) is 4. The topological polar surface area (TPSA) is 112 Å². The van der Waals surface area contributed by atoms with Gasteiger partial charge < -0.3 is 20.4 Å². The van der Waals surface area contributed by atoms with Crippen LogP contribution in [0, 0.1) is 6.92 Å². The number of phenolic OH excluding ortho intramolecular Hbond substituents is 4. The quantitative estimate of drug-likeness (QED) is 0.0416. The summed E-state index contributed by atoms with van der Waals surface area (Å²) in [6.45, 7) is 3.95. The van der Waals surface area contributed by atoms with E-state index in [1.807, 2.05) is 153 Å². The minimum atomic E-state index is -0.978. The lowest BCUT2D eigenvalue weighted by molar-refractivity contribution is 0.0877. The maximum atomic E-state index is 13.0. The molecule has 7 nitrogen and oxygen atoms in total. The number of nitrogens with zero attached hydrogens (tertiary/aromatic N) is 1. The molecule has 0 bridgehead atoms. The molecule has 0 spiro atoms. The predicted octanol–water partition coefficient (Wildman–Crippen LogP) is 17.1. The van der Waals surface area contributed by atoms with Crippen LogP contribution in [0.25, 0.3) is 97.9 Å². The zero-order valence-corrected chi connectivity index (χ0v) is 40.5. The van der Waals surface area contributed by atoms with Crippen LogP contribution in [-0.4, -0.2) is 25.0 Å². The summed E-state index contributed by atoms with van der Waals surface area (Å²) in [6, 6.07) is 60.7. The molecule has 0 saturated heterocycles. The van der Waals surface area contributed by atoms with Crippen LogP contribution in [0.2, 0.25) is 0 Å². The molecule has 13 rings (SSSR count). The summed E-state index contributed by atoms with van der Waals surface area (Å²) in [7, 11) is 0. The van der Waals surface area contributed by atoms with Gasteiger partial charge in [-0.25, -0.2) is 0 Å². The van der Waals surface area contributed by atoms with Gasteiger partial charge in [-0.15, -0.1) is 11.3 Å². The Morgan fingerprint density at radius 1 is 0.534 bits per heavy atom. The molecular formula is C65H45NO6S. The Balaban J connectivity index is 1.16. The predicted molar refractivity (Wildman–Crippen MR) is 298 cm³/mol. The monoisotopic (exact) mass is 967 g/mol. The summed E-state index contributed by atoms with van der Waals surface area (Å²) in [4.78, 5) is 0. The zero-order valence-electron chi connectivity index (χ0n) is 39.7. The molecule has 1 aliphatic carbocycles. The largest absolute Gasteiger partial charge is 0.504 e. The van der Waals surface area contributed by atoms with Crippen LogP contribution in [0.5, 0.6) is 23.0 Å². The third-order valence-corrected chi connectivity index (χ3v) is 15.9. The van der Waals surface area contributed by atoms with Crippen LogP contribution in [0.3, 0.4) is 0 Å². The van der Waals surface area contributed by atoms with E-state index >= 15 is 0 Å². The first-order valence-corrected chi connectivity index (χ1v) is 25.0. The Morgan fingerprint density at radius 3 is 1.86 bits per heavy atom. The highest BCUT2D eigenvalue weighted by molar-refractivity contribution is 7.26. The molecule has 73 heavy (non-hydrogen) atoms. The van der Waals surface area contributed by atoms with Gasteiger partial charge in [-0.2, -0.15) is 0 Å². The van der Waals surface area contributed by atoms with Crippen molar-refractivity contribution in [1.29, 1.82) is 0 Å². The summed E-state index contributed by atoms with van der Waals surface area (Å²) in [6.07, 6.45) is 10.0. The number of allylic oxidation sites excluding steroid dienone is 5. The average Bonchev–Trinajstić information content (AvgIpc) is 3.93. The third-order valence-electron chi connectivity index (χ3n) is 14.7. The van der Waals surface area contributed by atoms with Gasteiger partial charge in [0.1, 0.15) is 11.0 Å². The number of thiophene rings is 1. The van der Waals surface area contributed by atoms with Crippen molar-refractivity contribution in [1.82, 2.24) is 4.57 Å².